The number of fused-ring (bicyclic) bond motifs is 1. The minimum Gasteiger partial charge on any atom is -0.267 e. The molecule has 0 radical (unpaired) electrons. The van der Waals surface area contributed by atoms with E-state index in [1.54, 1.807) is 48.5 Å². The summed E-state index contributed by atoms with van der Waals surface area (Å²) < 4.78 is 28.7. The maximum absolute atomic E-state index is 14.3. The van der Waals surface area contributed by atoms with Crippen LogP contribution in [0.25, 0.3) is 22.0 Å². The summed E-state index contributed by atoms with van der Waals surface area (Å²) in [7, 11) is 0. The molecule has 4 aromatic rings. The van der Waals surface area contributed by atoms with Gasteiger partial charge < -0.3 is 0 Å². The molecule has 0 bridgehead atoms. The van der Waals surface area contributed by atoms with Crippen molar-refractivity contribution in [1.82, 2.24) is 14.8 Å². The van der Waals surface area contributed by atoms with Gasteiger partial charge in [0, 0.05) is 5.39 Å². The van der Waals surface area contributed by atoms with Gasteiger partial charge in [-0.3, -0.25) is 4.79 Å². The SMILES string of the molecule is N#Cc1ccc(Cn2nc(-c3ccc(F)nc3F)c3ccccc3c2=O)cc1. The topological polar surface area (TPSA) is 71.6 Å². The van der Waals surface area contributed by atoms with Crippen LogP contribution >= 0.6 is 0 Å². The van der Waals surface area contributed by atoms with E-state index in [4.69, 9.17) is 5.26 Å². The monoisotopic (exact) mass is 374 g/mol. The minimum absolute atomic E-state index is 0.00572. The zero-order chi connectivity index (χ0) is 19.7. The maximum atomic E-state index is 14.3. The van der Waals surface area contributed by atoms with Crippen LogP contribution in [-0.2, 0) is 6.54 Å². The molecule has 7 heteroatoms. The molecule has 28 heavy (non-hydrogen) atoms. The van der Waals surface area contributed by atoms with Gasteiger partial charge in [-0.05, 0) is 35.9 Å². The van der Waals surface area contributed by atoms with Crippen molar-refractivity contribution in [2.24, 2.45) is 0 Å². The molecule has 0 fully saturated rings. The molecule has 0 saturated heterocycles. The van der Waals surface area contributed by atoms with Gasteiger partial charge >= 0.3 is 0 Å². The van der Waals surface area contributed by atoms with Crippen molar-refractivity contribution in [2.45, 2.75) is 6.54 Å². The number of aromatic nitrogens is 3. The molecule has 0 aliphatic carbocycles. The molecule has 136 valence electrons. The Morgan fingerprint density at radius 2 is 1.68 bits per heavy atom. The first-order valence-corrected chi connectivity index (χ1v) is 8.38. The molecule has 2 aromatic carbocycles. The number of hydrogen-bond donors (Lipinski definition) is 0. The normalized spacial score (nSPS) is 10.8. The fraction of sp³-hybridized carbons (Fsp3) is 0.0476. The second-order valence-electron chi connectivity index (χ2n) is 6.14. The van der Waals surface area contributed by atoms with E-state index >= 15 is 0 Å². The van der Waals surface area contributed by atoms with Crippen LogP contribution in [-0.4, -0.2) is 14.8 Å². The largest absolute Gasteiger partial charge is 0.274 e. The Morgan fingerprint density at radius 3 is 2.36 bits per heavy atom. The number of halogens is 2. The Balaban J connectivity index is 1.91. The minimum atomic E-state index is -0.999. The predicted molar refractivity (Wildman–Crippen MR) is 99.4 cm³/mol. The standard InChI is InChI=1S/C21H12F2N4O/c22-18-10-9-17(20(23)25-18)19-15-3-1-2-4-16(15)21(28)27(26-19)12-14-7-5-13(11-24)6-8-14/h1-10H,12H2. The number of nitriles is 1. The van der Waals surface area contributed by atoms with E-state index < -0.39 is 11.9 Å². The molecule has 2 aromatic heterocycles. The molecular weight excluding hydrogens is 362 g/mol. The average molecular weight is 374 g/mol. The lowest BCUT2D eigenvalue weighted by Crippen LogP contribution is -2.24. The van der Waals surface area contributed by atoms with Crippen LogP contribution < -0.4 is 5.56 Å². The van der Waals surface area contributed by atoms with Crippen molar-refractivity contribution in [3.8, 4) is 17.3 Å². The van der Waals surface area contributed by atoms with Crippen LogP contribution in [0.5, 0.6) is 0 Å². The number of benzene rings is 2. The summed E-state index contributed by atoms with van der Waals surface area (Å²) in [6, 6.07) is 17.8. The first-order chi connectivity index (χ1) is 13.6. The third-order valence-corrected chi connectivity index (χ3v) is 4.35. The van der Waals surface area contributed by atoms with Gasteiger partial charge in [-0.2, -0.15) is 24.1 Å². The first kappa shape index (κ1) is 17.5. The van der Waals surface area contributed by atoms with Crippen LogP contribution in [0.3, 0.4) is 0 Å². The Kier molecular flexibility index (Phi) is 4.38. The van der Waals surface area contributed by atoms with Gasteiger partial charge in [0.2, 0.25) is 11.9 Å². The number of nitrogens with zero attached hydrogens (tertiary/aromatic N) is 4. The first-order valence-electron chi connectivity index (χ1n) is 8.38. The van der Waals surface area contributed by atoms with E-state index in [1.807, 2.05) is 6.07 Å². The van der Waals surface area contributed by atoms with Gasteiger partial charge in [-0.1, -0.05) is 30.3 Å². The van der Waals surface area contributed by atoms with E-state index in [-0.39, 0.29) is 23.4 Å². The molecule has 0 unspecified atom stereocenters. The zero-order valence-corrected chi connectivity index (χ0v) is 14.4. The molecule has 0 N–H and O–H groups in total. The van der Waals surface area contributed by atoms with Crippen LogP contribution in [0.2, 0.25) is 0 Å². The van der Waals surface area contributed by atoms with E-state index in [0.717, 1.165) is 11.6 Å². The Labute approximate surface area is 158 Å². The third-order valence-electron chi connectivity index (χ3n) is 4.35. The summed E-state index contributed by atoms with van der Waals surface area (Å²) in [4.78, 5) is 16.1. The Morgan fingerprint density at radius 1 is 0.964 bits per heavy atom. The highest BCUT2D eigenvalue weighted by molar-refractivity contribution is 5.93. The Hall–Kier alpha value is -3.92. The van der Waals surface area contributed by atoms with Crippen molar-refractivity contribution in [3.63, 3.8) is 0 Å². The fourth-order valence-corrected chi connectivity index (χ4v) is 2.99. The number of hydrogen-bond acceptors (Lipinski definition) is 4. The fourth-order valence-electron chi connectivity index (χ4n) is 2.99. The zero-order valence-electron chi connectivity index (χ0n) is 14.4. The highest BCUT2D eigenvalue weighted by Gasteiger charge is 2.16. The van der Waals surface area contributed by atoms with Gasteiger partial charge in [0.25, 0.3) is 5.56 Å². The quantitative estimate of drug-likeness (QED) is 0.513. The molecule has 0 aliphatic rings. The second-order valence-corrected chi connectivity index (χ2v) is 6.14. The predicted octanol–water partition coefficient (Wildman–Crippen LogP) is 3.66. The highest BCUT2D eigenvalue weighted by atomic mass is 19.1. The lowest BCUT2D eigenvalue weighted by Gasteiger charge is -2.12. The van der Waals surface area contributed by atoms with E-state index in [9.17, 15) is 13.6 Å². The van der Waals surface area contributed by atoms with Crippen LogP contribution in [0.1, 0.15) is 11.1 Å². The summed E-state index contributed by atoms with van der Waals surface area (Å²) in [5.74, 6) is -1.93. The lowest BCUT2D eigenvalue weighted by molar-refractivity contribution is 0.514. The van der Waals surface area contributed by atoms with E-state index in [1.165, 1.54) is 10.7 Å². The molecule has 0 aliphatic heterocycles. The van der Waals surface area contributed by atoms with Gasteiger partial charge in [-0.25, -0.2) is 4.68 Å². The molecular formula is C21H12F2N4O. The van der Waals surface area contributed by atoms with Crippen molar-refractivity contribution < 1.29 is 8.78 Å². The van der Waals surface area contributed by atoms with Gasteiger partial charge in [0.05, 0.1) is 29.1 Å². The van der Waals surface area contributed by atoms with Crippen molar-refractivity contribution in [2.75, 3.05) is 0 Å². The molecule has 5 nitrogen and oxygen atoms in total. The third kappa shape index (κ3) is 3.12. The average Bonchev–Trinajstić information content (AvgIpc) is 2.71. The van der Waals surface area contributed by atoms with Gasteiger partial charge in [0.1, 0.15) is 5.69 Å². The van der Waals surface area contributed by atoms with Crippen LogP contribution in [0.4, 0.5) is 8.78 Å². The summed E-state index contributed by atoms with van der Waals surface area (Å²) in [5.41, 5.74) is 1.13. The highest BCUT2D eigenvalue weighted by Crippen LogP contribution is 2.26. The molecule has 0 saturated carbocycles. The van der Waals surface area contributed by atoms with Crippen LogP contribution in [0.15, 0.2) is 65.5 Å². The summed E-state index contributed by atoms with van der Waals surface area (Å²) in [6.07, 6.45) is 0. The summed E-state index contributed by atoms with van der Waals surface area (Å²) in [5, 5.41) is 14.1. The second kappa shape index (κ2) is 7.00. The molecule has 4 rings (SSSR count). The van der Waals surface area contributed by atoms with Crippen molar-refractivity contribution in [3.05, 3.63) is 94.0 Å². The summed E-state index contributed by atoms with van der Waals surface area (Å²) in [6.45, 7) is 0.138. The van der Waals surface area contributed by atoms with Crippen molar-refractivity contribution in [1.29, 1.82) is 5.26 Å². The Bertz CT molecular complexity index is 1290. The van der Waals surface area contributed by atoms with Gasteiger partial charge in [0.15, 0.2) is 0 Å². The van der Waals surface area contributed by atoms with Crippen LogP contribution in [0, 0.1) is 23.2 Å². The smallest absolute Gasteiger partial charge is 0.267 e. The summed E-state index contributed by atoms with van der Waals surface area (Å²) >= 11 is 0. The van der Waals surface area contributed by atoms with Gasteiger partial charge in [-0.15, -0.1) is 0 Å². The molecule has 0 spiro atoms. The molecule has 0 atom stereocenters. The number of rotatable bonds is 3. The molecule has 2 heterocycles. The number of pyridine rings is 1. The van der Waals surface area contributed by atoms with E-state index in [0.29, 0.717) is 16.3 Å². The lowest BCUT2D eigenvalue weighted by atomic mass is 10.1. The maximum Gasteiger partial charge on any atom is 0.274 e. The van der Waals surface area contributed by atoms with Crippen molar-refractivity contribution >= 4 is 10.8 Å². The molecule has 0 amide bonds. The van der Waals surface area contributed by atoms with E-state index in [2.05, 4.69) is 10.1 Å².